The molecule has 0 spiro atoms. The molecule has 4 nitrogen and oxygen atoms in total. The number of rotatable bonds is 8. The summed E-state index contributed by atoms with van der Waals surface area (Å²) < 4.78 is 12.8. The summed E-state index contributed by atoms with van der Waals surface area (Å²) in [6, 6.07) is 11.6. The second-order valence-corrected chi connectivity index (χ2v) is 7.55. The fourth-order valence-corrected chi connectivity index (χ4v) is 4.01. The molecule has 2 aromatic carbocycles. The molecule has 0 atom stereocenters. The van der Waals surface area contributed by atoms with Crippen molar-refractivity contribution in [3.8, 4) is 0 Å². The molecule has 0 unspecified atom stereocenters. The molecular formula is C22H24O4S. The van der Waals surface area contributed by atoms with Crippen LogP contribution in [0.3, 0.4) is 0 Å². The van der Waals surface area contributed by atoms with E-state index in [0.29, 0.717) is 13.2 Å². The second kappa shape index (κ2) is 9.00. The van der Waals surface area contributed by atoms with Crippen LogP contribution >= 0.6 is 11.3 Å². The highest BCUT2D eigenvalue weighted by Gasteiger charge is 2.22. The van der Waals surface area contributed by atoms with E-state index in [1.165, 1.54) is 0 Å². The van der Waals surface area contributed by atoms with Crippen molar-refractivity contribution in [2.24, 2.45) is 0 Å². The van der Waals surface area contributed by atoms with E-state index in [9.17, 15) is 9.59 Å². The second-order valence-electron chi connectivity index (χ2n) is 6.47. The van der Waals surface area contributed by atoms with Gasteiger partial charge in [-0.3, -0.25) is 0 Å². The minimum Gasteiger partial charge on any atom is -0.462 e. The van der Waals surface area contributed by atoms with E-state index in [0.717, 1.165) is 45.9 Å². The normalized spacial score (nSPS) is 11.0. The molecule has 142 valence electrons. The Morgan fingerprint density at radius 3 is 2.04 bits per heavy atom. The van der Waals surface area contributed by atoms with Gasteiger partial charge in [-0.05, 0) is 31.0 Å². The van der Waals surface area contributed by atoms with E-state index in [1.807, 2.05) is 38.1 Å². The van der Waals surface area contributed by atoms with Crippen molar-refractivity contribution in [2.75, 3.05) is 13.2 Å². The molecule has 1 aromatic heterocycles. The molecule has 0 aliphatic heterocycles. The molecule has 0 fully saturated rings. The highest BCUT2D eigenvalue weighted by molar-refractivity contribution is 7.25. The number of fused-ring (bicyclic) bond motifs is 3. The van der Waals surface area contributed by atoms with Crippen LogP contribution in [-0.2, 0) is 9.47 Å². The average Bonchev–Trinajstić information content (AvgIpc) is 3.05. The first-order valence-electron chi connectivity index (χ1n) is 9.45. The molecule has 3 rings (SSSR count). The van der Waals surface area contributed by atoms with Gasteiger partial charge >= 0.3 is 11.9 Å². The summed E-state index contributed by atoms with van der Waals surface area (Å²) in [5.41, 5.74) is 0.565. The Balaban J connectivity index is 2.03. The van der Waals surface area contributed by atoms with Gasteiger partial charge in [0.1, 0.15) is 0 Å². The highest BCUT2D eigenvalue weighted by Crippen LogP contribution is 2.35. The molecule has 0 saturated heterocycles. The van der Waals surface area contributed by atoms with Gasteiger partial charge in [-0.2, -0.15) is 0 Å². The van der Waals surface area contributed by atoms with Crippen molar-refractivity contribution < 1.29 is 19.1 Å². The lowest BCUT2D eigenvalue weighted by Gasteiger charge is -2.10. The molecule has 3 aromatic rings. The number of ether oxygens (including phenoxy) is 2. The number of benzene rings is 2. The van der Waals surface area contributed by atoms with Gasteiger partial charge in [-0.15, -0.1) is 11.3 Å². The molecule has 0 radical (unpaired) electrons. The van der Waals surface area contributed by atoms with Crippen LogP contribution in [0.5, 0.6) is 0 Å². The van der Waals surface area contributed by atoms with Crippen LogP contribution in [0.25, 0.3) is 20.2 Å². The Morgan fingerprint density at radius 2 is 1.41 bits per heavy atom. The van der Waals surface area contributed by atoms with Gasteiger partial charge in [-0.1, -0.05) is 44.9 Å². The third-order valence-electron chi connectivity index (χ3n) is 4.42. The standard InChI is InChI=1S/C22H24O4S/c1-3-5-11-25-21(23)17-13-16-15-9-7-8-10-19(15)27-20(16)14-18(17)22(24)26-12-6-4-2/h7-10,13-14H,3-6,11-12H2,1-2H3. The Hall–Kier alpha value is -2.40. The van der Waals surface area contributed by atoms with Gasteiger partial charge in [0.05, 0.1) is 24.3 Å². The lowest BCUT2D eigenvalue weighted by atomic mass is 10.0. The molecular weight excluding hydrogens is 360 g/mol. The van der Waals surface area contributed by atoms with E-state index in [4.69, 9.17) is 9.47 Å². The van der Waals surface area contributed by atoms with Gasteiger partial charge in [0.25, 0.3) is 0 Å². The summed E-state index contributed by atoms with van der Waals surface area (Å²) in [6.07, 6.45) is 3.47. The summed E-state index contributed by atoms with van der Waals surface area (Å²) in [4.78, 5) is 25.3. The van der Waals surface area contributed by atoms with Gasteiger partial charge < -0.3 is 9.47 Å². The molecule has 0 aliphatic carbocycles. The van der Waals surface area contributed by atoms with E-state index in [-0.39, 0.29) is 11.1 Å². The van der Waals surface area contributed by atoms with Crippen molar-refractivity contribution >= 4 is 43.4 Å². The summed E-state index contributed by atoms with van der Waals surface area (Å²) in [5.74, 6) is -0.937. The minimum absolute atomic E-state index is 0.281. The predicted molar refractivity (Wildman–Crippen MR) is 110 cm³/mol. The molecule has 0 N–H and O–H groups in total. The Kier molecular flexibility index (Phi) is 6.45. The lowest BCUT2D eigenvalue weighted by Crippen LogP contribution is -2.15. The minimum atomic E-state index is -0.469. The zero-order valence-corrected chi connectivity index (χ0v) is 16.6. The molecule has 0 aliphatic rings. The average molecular weight is 384 g/mol. The molecule has 5 heteroatoms. The van der Waals surface area contributed by atoms with Crippen molar-refractivity contribution in [3.63, 3.8) is 0 Å². The van der Waals surface area contributed by atoms with E-state index in [1.54, 1.807) is 23.5 Å². The summed E-state index contributed by atoms with van der Waals surface area (Å²) in [7, 11) is 0. The number of hydrogen-bond donors (Lipinski definition) is 0. The molecule has 0 saturated carbocycles. The topological polar surface area (TPSA) is 52.6 Å². The van der Waals surface area contributed by atoms with E-state index < -0.39 is 11.9 Å². The van der Waals surface area contributed by atoms with Crippen LogP contribution in [0.4, 0.5) is 0 Å². The summed E-state index contributed by atoms with van der Waals surface area (Å²) in [6.45, 7) is 4.77. The van der Waals surface area contributed by atoms with Gasteiger partial charge in [0, 0.05) is 20.2 Å². The number of thiophene rings is 1. The van der Waals surface area contributed by atoms with E-state index >= 15 is 0 Å². The Labute approximate surface area is 163 Å². The molecule has 1 heterocycles. The number of hydrogen-bond acceptors (Lipinski definition) is 5. The largest absolute Gasteiger partial charge is 0.462 e. The maximum Gasteiger partial charge on any atom is 0.339 e. The van der Waals surface area contributed by atoms with E-state index in [2.05, 4.69) is 0 Å². The fourth-order valence-electron chi connectivity index (χ4n) is 2.88. The third-order valence-corrected chi connectivity index (χ3v) is 5.55. The van der Waals surface area contributed by atoms with Gasteiger partial charge in [0.15, 0.2) is 0 Å². The Bertz CT molecular complexity index is 958. The van der Waals surface area contributed by atoms with Crippen molar-refractivity contribution in [1.29, 1.82) is 0 Å². The lowest BCUT2D eigenvalue weighted by molar-refractivity contribution is 0.0453. The Morgan fingerprint density at radius 1 is 0.815 bits per heavy atom. The maximum absolute atomic E-state index is 12.6. The SMILES string of the molecule is CCCCOC(=O)c1cc2sc3ccccc3c2cc1C(=O)OCCCC. The van der Waals surface area contributed by atoms with Crippen molar-refractivity contribution in [3.05, 3.63) is 47.5 Å². The maximum atomic E-state index is 12.6. The zero-order chi connectivity index (χ0) is 19.2. The van der Waals surface area contributed by atoms with Crippen LogP contribution in [0.15, 0.2) is 36.4 Å². The highest BCUT2D eigenvalue weighted by atomic mass is 32.1. The van der Waals surface area contributed by atoms with Crippen molar-refractivity contribution in [2.45, 2.75) is 39.5 Å². The number of unbranched alkanes of at least 4 members (excludes halogenated alkanes) is 2. The first-order valence-corrected chi connectivity index (χ1v) is 10.3. The number of carbonyl (C=O) groups is 2. The number of esters is 2. The zero-order valence-electron chi connectivity index (χ0n) is 15.7. The molecule has 0 bridgehead atoms. The monoisotopic (exact) mass is 384 g/mol. The fraction of sp³-hybridized carbons (Fsp3) is 0.364. The van der Waals surface area contributed by atoms with Crippen molar-refractivity contribution in [1.82, 2.24) is 0 Å². The van der Waals surface area contributed by atoms with Crippen LogP contribution in [0.1, 0.15) is 60.2 Å². The first kappa shape index (κ1) is 19.4. The van der Waals surface area contributed by atoms with Gasteiger partial charge in [-0.25, -0.2) is 9.59 Å². The summed E-state index contributed by atoms with van der Waals surface area (Å²) in [5, 5.41) is 2.04. The van der Waals surface area contributed by atoms with Crippen LogP contribution in [-0.4, -0.2) is 25.2 Å². The van der Waals surface area contributed by atoms with Crippen LogP contribution in [0.2, 0.25) is 0 Å². The summed E-state index contributed by atoms with van der Waals surface area (Å²) >= 11 is 1.60. The predicted octanol–water partition coefficient (Wildman–Crippen LogP) is 5.97. The molecule has 27 heavy (non-hydrogen) atoms. The number of carbonyl (C=O) groups excluding carboxylic acids is 2. The first-order chi connectivity index (χ1) is 13.2. The van der Waals surface area contributed by atoms with Crippen LogP contribution in [0, 0.1) is 0 Å². The molecule has 0 amide bonds. The quantitative estimate of drug-likeness (QED) is 0.355. The van der Waals surface area contributed by atoms with Gasteiger partial charge in [0.2, 0.25) is 0 Å². The van der Waals surface area contributed by atoms with Crippen LogP contribution < -0.4 is 0 Å². The third kappa shape index (κ3) is 4.30. The smallest absolute Gasteiger partial charge is 0.339 e.